The Labute approximate surface area is 93.4 Å². The number of nitrogens with one attached hydrogen (secondary N) is 1. The topological polar surface area (TPSA) is 29.1 Å². The van der Waals surface area contributed by atoms with Crippen LogP contribution in [0.2, 0.25) is 0 Å². The summed E-state index contributed by atoms with van der Waals surface area (Å²) in [6.07, 6.45) is 5.73. The molecule has 88 valence electrons. The van der Waals surface area contributed by atoms with Crippen molar-refractivity contribution in [3.05, 3.63) is 0 Å². The number of amides is 1. The molecule has 1 saturated carbocycles. The molecule has 3 nitrogen and oxygen atoms in total. The molecular formula is C12H25N2O+. The van der Waals surface area contributed by atoms with Crippen LogP contribution in [0.1, 0.15) is 32.1 Å². The van der Waals surface area contributed by atoms with Crippen LogP contribution in [0.15, 0.2) is 0 Å². The third-order valence-electron chi connectivity index (χ3n) is 3.03. The van der Waals surface area contributed by atoms with Crippen LogP contribution in [0.4, 0.5) is 0 Å². The van der Waals surface area contributed by atoms with Crippen molar-refractivity contribution in [3.63, 3.8) is 0 Å². The maximum atomic E-state index is 11.7. The normalized spacial score (nSPS) is 18.1. The van der Waals surface area contributed by atoms with Gasteiger partial charge in [-0.3, -0.25) is 4.79 Å². The fraction of sp³-hybridized carbons (Fsp3) is 0.917. The number of carbonyl (C=O) groups is 1. The molecule has 0 bridgehead atoms. The molecule has 15 heavy (non-hydrogen) atoms. The van der Waals surface area contributed by atoms with Gasteiger partial charge in [-0.05, 0) is 12.8 Å². The molecule has 0 aromatic heterocycles. The molecule has 0 unspecified atom stereocenters. The average molecular weight is 213 g/mol. The third-order valence-corrected chi connectivity index (χ3v) is 3.03. The first-order valence-corrected chi connectivity index (χ1v) is 6.07. The molecule has 1 amide bonds. The van der Waals surface area contributed by atoms with E-state index >= 15 is 0 Å². The lowest BCUT2D eigenvalue weighted by atomic mass is 10.1. The van der Waals surface area contributed by atoms with E-state index in [-0.39, 0.29) is 5.91 Å². The highest BCUT2D eigenvalue weighted by molar-refractivity contribution is 5.78. The zero-order valence-electron chi connectivity index (χ0n) is 10.4. The summed E-state index contributed by atoms with van der Waals surface area (Å²) in [4.78, 5) is 11.7. The summed E-state index contributed by atoms with van der Waals surface area (Å²) in [5, 5.41) is 3.05. The second-order valence-electron chi connectivity index (χ2n) is 5.64. The largest absolute Gasteiger partial charge is 0.356 e. The van der Waals surface area contributed by atoms with Gasteiger partial charge in [0.1, 0.15) is 0 Å². The summed E-state index contributed by atoms with van der Waals surface area (Å²) in [6, 6.07) is 0. The van der Waals surface area contributed by atoms with Gasteiger partial charge in [-0.15, -0.1) is 0 Å². The Bertz CT molecular complexity index is 202. The van der Waals surface area contributed by atoms with Gasteiger partial charge in [-0.2, -0.15) is 0 Å². The molecule has 0 aromatic carbocycles. The molecule has 0 atom stereocenters. The lowest BCUT2D eigenvalue weighted by Gasteiger charge is -2.23. The molecule has 1 aliphatic carbocycles. The highest BCUT2D eigenvalue weighted by Crippen LogP contribution is 2.24. The Hall–Kier alpha value is -0.570. The van der Waals surface area contributed by atoms with Crippen LogP contribution >= 0.6 is 0 Å². The second-order valence-corrected chi connectivity index (χ2v) is 5.64. The Kier molecular flexibility index (Phi) is 4.58. The molecule has 0 heterocycles. The van der Waals surface area contributed by atoms with E-state index in [2.05, 4.69) is 26.5 Å². The van der Waals surface area contributed by atoms with Gasteiger partial charge in [0.15, 0.2) is 0 Å². The van der Waals surface area contributed by atoms with E-state index in [1.807, 2.05) is 0 Å². The van der Waals surface area contributed by atoms with Gasteiger partial charge in [-0.25, -0.2) is 0 Å². The van der Waals surface area contributed by atoms with Crippen molar-refractivity contribution in [2.24, 2.45) is 5.92 Å². The number of quaternary nitrogens is 1. The van der Waals surface area contributed by atoms with Gasteiger partial charge < -0.3 is 9.80 Å². The minimum absolute atomic E-state index is 0.286. The van der Waals surface area contributed by atoms with Crippen LogP contribution in [0.25, 0.3) is 0 Å². The average Bonchev–Trinajstić information content (AvgIpc) is 2.63. The summed E-state index contributed by atoms with van der Waals surface area (Å²) in [7, 11) is 6.54. The van der Waals surface area contributed by atoms with Crippen molar-refractivity contribution in [1.82, 2.24) is 5.32 Å². The second kappa shape index (κ2) is 5.50. The smallest absolute Gasteiger partial charge is 0.223 e. The van der Waals surface area contributed by atoms with E-state index in [4.69, 9.17) is 0 Å². The minimum atomic E-state index is 0.286. The van der Waals surface area contributed by atoms with Crippen molar-refractivity contribution in [1.29, 1.82) is 0 Å². The number of carbonyl (C=O) groups excluding carboxylic acids is 1. The Morgan fingerprint density at radius 3 is 2.40 bits per heavy atom. The van der Waals surface area contributed by atoms with Gasteiger partial charge >= 0.3 is 0 Å². The summed E-state index contributed by atoms with van der Waals surface area (Å²) in [5.74, 6) is 0.600. The van der Waals surface area contributed by atoms with Crippen LogP contribution in [-0.2, 0) is 4.79 Å². The summed E-state index contributed by atoms with van der Waals surface area (Å²) in [6.45, 7) is 1.95. The predicted octanol–water partition coefficient (Wildman–Crippen LogP) is 1.39. The summed E-state index contributed by atoms with van der Waals surface area (Å²) >= 11 is 0. The monoisotopic (exact) mass is 213 g/mol. The predicted molar refractivity (Wildman–Crippen MR) is 62.5 cm³/mol. The molecule has 1 fully saturated rings. The molecule has 0 aliphatic heterocycles. The summed E-state index contributed by atoms with van der Waals surface area (Å²) < 4.78 is 0.972. The van der Waals surface area contributed by atoms with Crippen molar-refractivity contribution in [3.8, 4) is 0 Å². The van der Waals surface area contributed by atoms with Crippen LogP contribution < -0.4 is 5.32 Å². The first-order valence-electron chi connectivity index (χ1n) is 6.07. The van der Waals surface area contributed by atoms with E-state index in [0.29, 0.717) is 5.92 Å². The van der Waals surface area contributed by atoms with E-state index in [1.165, 1.54) is 12.8 Å². The lowest BCUT2D eigenvalue weighted by Crippen LogP contribution is -2.38. The van der Waals surface area contributed by atoms with Gasteiger partial charge in [0.05, 0.1) is 27.7 Å². The Morgan fingerprint density at radius 2 is 1.87 bits per heavy atom. The molecular weight excluding hydrogens is 188 g/mol. The number of rotatable bonds is 5. The van der Waals surface area contributed by atoms with Gasteiger partial charge in [0, 0.05) is 18.9 Å². The summed E-state index contributed by atoms with van der Waals surface area (Å²) in [5.41, 5.74) is 0. The Balaban J connectivity index is 2.07. The van der Waals surface area contributed by atoms with Crippen LogP contribution in [-0.4, -0.2) is 44.6 Å². The van der Waals surface area contributed by atoms with Crippen molar-refractivity contribution in [2.75, 3.05) is 34.2 Å². The molecule has 1 N–H and O–H groups in total. The molecule has 0 spiro atoms. The molecule has 1 aliphatic rings. The van der Waals surface area contributed by atoms with Crippen LogP contribution in [0.5, 0.6) is 0 Å². The number of hydrogen-bond donors (Lipinski definition) is 1. The van der Waals surface area contributed by atoms with E-state index in [1.54, 1.807) is 0 Å². The van der Waals surface area contributed by atoms with Gasteiger partial charge in [-0.1, -0.05) is 12.8 Å². The maximum absolute atomic E-state index is 11.7. The molecule has 1 rings (SSSR count). The van der Waals surface area contributed by atoms with E-state index in [9.17, 15) is 4.79 Å². The van der Waals surface area contributed by atoms with Crippen molar-refractivity contribution < 1.29 is 9.28 Å². The van der Waals surface area contributed by atoms with Crippen molar-refractivity contribution >= 4 is 5.91 Å². The molecule has 0 saturated heterocycles. The molecule has 0 aromatic rings. The van der Waals surface area contributed by atoms with E-state index in [0.717, 1.165) is 36.8 Å². The SMILES string of the molecule is C[N+](C)(C)CCCNC(=O)C1CCCC1. The maximum Gasteiger partial charge on any atom is 0.223 e. The third kappa shape index (κ3) is 5.17. The number of hydrogen-bond acceptors (Lipinski definition) is 1. The fourth-order valence-corrected chi connectivity index (χ4v) is 2.10. The first-order chi connectivity index (χ1) is 6.99. The number of nitrogens with zero attached hydrogens (tertiary/aromatic N) is 1. The molecule has 0 radical (unpaired) electrons. The highest BCUT2D eigenvalue weighted by Gasteiger charge is 2.22. The van der Waals surface area contributed by atoms with Crippen LogP contribution in [0.3, 0.4) is 0 Å². The van der Waals surface area contributed by atoms with Crippen molar-refractivity contribution in [2.45, 2.75) is 32.1 Å². The zero-order valence-corrected chi connectivity index (χ0v) is 10.4. The first kappa shape index (κ1) is 12.5. The quantitative estimate of drug-likeness (QED) is 0.543. The van der Waals surface area contributed by atoms with Crippen LogP contribution in [0, 0.1) is 5.92 Å². The standard InChI is InChI=1S/C12H24N2O/c1-14(2,3)10-6-9-13-12(15)11-7-4-5-8-11/h11H,4-10H2,1-3H3/p+1. The zero-order chi connectivity index (χ0) is 11.3. The Morgan fingerprint density at radius 1 is 1.27 bits per heavy atom. The van der Waals surface area contributed by atoms with Gasteiger partial charge in [0.25, 0.3) is 0 Å². The highest BCUT2D eigenvalue weighted by atomic mass is 16.1. The van der Waals surface area contributed by atoms with E-state index < -0.39 is 0 Å². The fourth-order valence-electron chi connectivity index (χ4n) is 2.10. The van der Waals surface area contributed by atoms with Gasteiger partial charge in [0.2, 0.25) is 5.91 Å². The molecule has 3 heteroatoms. The minimum Gasteiger partial charge on any atom is -0.356 e. The lowest BCUT2D eigenvalue weighted by molar-refractivity contribution is -0.870.